The van der Waals surface area contributed by atoms with Crippen molar-refractivity contribution in [2.45, 2.75) is 73.1 Å². The van der Waals surface area contributed by atoms with Crippen LogP contribution in [0.25, 0.3) is 71.3 Å². The van der Waals surface area contributed by atoms with E-state index in [0.29, 0.717) is 17.8 Å². The summed E-state index contributed by atoms with van der Waals surface area (Å²) >= 11 is 0. The molecule has 0 aliphatic carbocycles. The second kappa shape index (κ2) is 10.7. The van der Waals surface area contributed by atoms with Gasteiger partial charge in [-0.2, -0.15) is 0 Å². The molecular weight excluding hydrogens is 569 g/mol. The first-order chi connectivity index (χ1) is 22.6. The van der Waals surface area contributed by atoms with Crippen molar-refractivity contribution in [3.8, 4) is 22.3 Å². The Kier molecular flexibility index (Phi) is 6.74. The SMILES string of the molecule is Cc1cc2c3cccc(-c4ccccc4)c3n3c4cc(-c5c(C(C)C)cc(C(C)C)cc5C(C)C)cc5cc[n+](C)c(c(c1C)c23)c54. The molecule has 0 bridgehead atoms. The summed E-state index contributed by atoms with van der Waals surface area (Å²) < 4.78 is 4.97. The number of nitrogens with zero attached hydrogens (tertiary/aromatic N) is 2. The summed E-state index contributed by atoms with van der Waals surface area (Å²) in [6, 6.07) is 32.5. The van der Waals surface area contributed by atoms with E-state index in [1.54, 1.807) is 0 Å². The third kappa shape index (κ3) is 4.27. The molecule has 2 heteroatoms. The van der Waals surface area contributed by atoms with Crippen LogP contribution in [-0.2, 0) is 7.05 Å². The average molecular weight is 614 g/mol. The Morgan fingerprint density at radius 1 is 0.617 bits per heavy atom. The fourth-order valence-electron chi connectivity index (χ4n) is 8.23. The van der Waals surface area contributed by atoms with Gasteiger partial charge in [-0.25, -0.2) is 4.57 Å². The summed E-state index contributed by atoms with van der Waals surface area (Å²) in [5.41, 5.74) is 17.5. The normalized spacial score (nSPS) is 12.5. The van der Waals surface area contributed by atoms with E-state index in [4.69, 9.17) is 0 Å². The smallest absolute Gasteiger partial charge is 0.224 e. The first kappa shape index (κ1) is 29.7. The molecule has 0 saturated heterocycles. The van der Waals surface area contributed by atoms with E-state index in [-0.39, 0.29) is 0 Å². The predicted octanol–water partition coefficient (Wildman–Crippen LogP) is 12.1. The molecule has 0 unspecified atom stereocenters. The highest BCUT2D eigenvalue weighted by Crippen LogP contribution is 2.46. The lowest BCUT2D eigenvalue weighted by Crippen LogP contribution is -2.29. The number of aryl methyl sites for hydroxylation is 3. The summed E-state index contributed by atoms with van der Waals surface area (Å²) in [4.78, 5) is 0. The topological polar surface area (TPSA) is 8.29 Å². The number of rotatable bonds is 5. The molecule has 0 N–H and O–H groups in total. The van der Waals surface area contributed by atoms with Gasteiger partial charge in [0, 0.05) is 22.4 Å². The average Bonchev–Trinajstić information content (AvgIpc) is 3.39. The molecule has 0 aliphatic heterocycles. The van der Waals surface area contributed by atoms with E-state index < -0.39 is 0 Å². The highest BCUT2D eigenvalue weighted by molar-refractivity contribution is 6.27. The standard InChI is InChI=1S/C45H45N2/c1-25(2)32-22-36(26(3)4)41(37(23-32)27(5)6)33-21-31-18-19-46(9)45-40-29(8)28(7)20-38-35-17-13-16-34(30-14-11-10-12-15-30)43(35)47(44(38)40)39(24-33)42(31)45/h10-27H,1-9H3/q+1. The molecule has 0 radical (unpaired) electrons. The van der Waals surface area contributed by atoms with Crippen LogP contribution >= 0.6 is 0 Å². The van der Waals surface area contributed by atoms with Gasteiger partial charge in [-0.15, -0.1) is 0 Å². The number of hydrogen-bond donors (Lipinski definition) is 0. The second-order valence-electron chi connectivity index (χ2n) is 14.8. The monoisotopic (exact) mass is 613 g/mol. The maximum atomic E-state index is 2.63. The Morgan fingerprint density at radius 3 is 1.98 bits per heavy atom. The summed E-state index contributed by atoms with van der Waals surface area (Å²) in [6.07, 6.45) is 2.27. The van der Waals surface area contributed by atoms with Gasteiger partial charge in [-0.05, 0) is 99.7 Å². The van der Waals surface area contributed by atoms with Crippen LogP contribution in [-0.4, -0.2) is 4.40 Å². The van der Waals surface area contributed by atoms with Crippen molar-refractivity contribution in [3.05, 3.63) is 119 Å². The highest BCUT2D eigenvalue weighted by atomic mass is 15.0. The zero-order chi connectivity index (χ0) is 32.9. The summed E-state index contributed by atoms with van der Waals surface area (Å²) in [6.45, 7) is 18.6. The predicted molar refractivity (Wildman–Crippen MR) is 202 cm³/mol. The first-order valence-corrected chi connectivity index (χ1v) is 17.3. The quantitative estimate of drug-likeness (QED) is 0.104. The van der Waals surface area contributed by atoms with Crippen LogP contribution in [0.15, 0.2) is 91.1 Å². The van der Waals surface area contributed by atoms with Crippen molar-refractivity contribution in [2.24, 2.45) is 7.05 Å². The first-order valence-electron chi connectivity index (χ1n) is 17.3. The minimum absolute atomic E-state index is 0.410. The molecular formula is C45H45N2+. The van der Waals surface area contributed by atoms with Gasteiger partial charge in [0.25, 0.3) is 0 Å². The maximum Gasteiger partial charge on any atom is 0.224 e. The van der Waals surface area contributed by atoms with E-state index in [1.165, 1.54) is 99.1 Å². The van der Waals surface area contributed by atoms with Gasteiger partial charge >= 0.3 is 0 Å². The minimum atomic E-state index is 0.410. The minimum Gasteiger partial charge on any atom is -0.307 e. The number of hydrogen-bond acceptors (Lipinski definition) is 0. The third-order valence-electron chi connectivity index (χ3n) is 10.8. The summed E-state index contributed by atoms with van der Waals surface area (Å²) in [7, 11) is 2.21. The molecule has 5 aromatic carbocycles. The maximum absolute atomic E-state index is 2.63. The molecule has 47 heavy (non-hydrogen) atoms. The van der Waals surface area contributed by atoms with Crippen LogP contribution in [0.1, 0.15) is 87.1 Å². The molecule has 0 saturated carbocycles. The fourth-order valence-corrected chi connectivity index (χ4v) is 8.23. The van der Waals surface area contributed by atoms with E-state index in [0.717, 1.165) is 0 Å². The van der Waals surface area contributed by atoms with Crippen LogP contribution in [0.5, 0.6) is 0 Å². The van der Waals surface area contributed by atoms with Gasteiger partial charge in [-0.3, -0.25) is 0 Å². The van der Waals surface area contributed by atoms with Gasteiger partial charge < -0.3 is 4.40 Å². The van der Waals surface area contributed by atoms with Gasteiger partial charge in [0.15, 0.2) is 6.20 Å². The van der Waals surface area contributed by atoms with Crippen molar-refractivity contribution in [3.63, 3.8) is 0 Å². The van der Waals surface area contributed by atoms with Gasteiger partial charge in [0.05, 0.1) is 27.3 Å². The van der Waals surface area contributed by atoms with E-state index in [2.05, 4.69) is 163 Å². The van der Waals surface area contributed by atoms with Crippen LogP contribution in [0.3, 0.4) is 0 Å². The lowest BCUT2D eigenvalue weighted by molar-refractivity contribution is -0.643. The molecule has 0 fully saturated rings. The van der Waals surface area contributed by atoms with Crippen molar-refractivity contribution < 1.29 is 4.57 Å². The molecule has 0 atom stereocenters. The number of aromatic nitrogens is 2. The summed E-state index contributed by atoms with van der Waals surface area (Å²) in [5.74, 6) is 1.30. The second-order valence-corrected chi connectivity index (χ2v) is 14.8. The van der Waals surface area contributed by atoms with E-state index in [1.807, 2.05) is 0 Å². The lowest BCUT2D eigenvalue weighted by Gasteiger charge is -2.24. The molecule has 2 nitrogen and oxygen atoms in total. The molecule has 0 aliphatic rings. The van der Waals surface area contributed by atoms with Crippen molar-refractivity contribution >= 4 is 49.0 Å². The highest BCUT2D eigenvalue weighted by Gasteiger charge is 2.27. The van der Waals surface area contributed by atoms with Crippen molar-refractivity contribution in [1.29, 1.82) is 0 Å². The fraction of sp³-hybridized carbons (Fsp3) is 0.267. The summed E-state index contributed by atoms with van der Waals surface area (Å²) in [5, 5.41) is 6.62. The van der Waals surface area contributed by atoms with Crippen molar-refractivity contribution in [1.82, 2.24) is 4.40 Å². The Labute approximate surface area is 278 Å². The molecule has 8 aromatic rings. The van der Waals surface area contributed by atoms with Gasteiger partial charge in [0.1, 0.15) is 7.05 Å². The Bertz CT molecular complexity index is 2480. The number of para-hydroxylation sites is 1. The van der Waals surface area contributed by atoms with Crippen LogP contribution in [0.2, 0.25) is 0 Å². The molecule has 3 aromatic heterocycles. The van der Waals surface area contributed by atoms with Crippen LogP contribution in [0.4, 0.5) is 0 Å². The zero-order valence-corrected chi connectivity index (χ0v) is 29.3. The Morgan fingerprint density at radius 2 is 1.32 bits per heavy atom. The number of fused-ring (bicyclic) bond motifs is 5. The molecule has 234 valence electrons. The van der Waals surface area contributed by atoms with E-state index >= 15 is 0 Å². The molecule has 0 amide bonds. The van der Waals surface area contributed by atoms with Gasteiger partial charge in [0.2, 0.25) is 5.52 Å². The number of benzene rings is 5. The van der Waals surface area contributed by atoms with E-state index in [9.17, 15) is 0 Å². The lowest BCUT2D eigenvalue weighted by atomic mass is 9.81. The largest absolute Gasteiger partial charge is 0.307 e. The molecule has 3 heterocycles. The number of pyridine rings is 2. The van der Waals surface area contributed by atoms with Crippen LogP contribution < -0.4 is 4.57 Å². The Balaban J connectivity index is 1.65. The third-order valence-corrected chi connectivity index (χ3v) is 10.8. The van der Waals surface area contributed by atoms with Gasteiger partial charge in [-0.1, -0.05) is 102 Å². The van der Waals surface area contributed by atoms with Crippen molar-refractivity contribution in [2.75, 3.05) is 0 Å². The Hall–Kier alpha value is -4.69. The van der Waals surface area contributed by atoms with Crippen LogP contribution in [0, 0.1) is 13.8 Å². The molecule has 8 rings (SSSR count). The molecule has 0 spiro atoms. The zero-order valence-electron chi connectivity index (χ0n) is 29.3.